The third-order valence-corrected chi connectivity index (χ3v) is 3.84. The van der Waals surface area contributed by atoms with E-state index in [1.807, 2.05) is 30.9 Å². The number of hydrogen-bond donors (Lipinski definition) is 1. The van der Waals surface area contributed by atoms with Crippen molar-refractivity contribution >= 4 is 5.91 Å². The quantitative estimate of drug-likeness (QED) is 0.818. The molecule has 1 atom stereocenters. The summed E-state index contributed by atoms with van der Waals surface area (Å²) < 4.78 is 5.48. The average molecular weight is 291 g/mol. The first-order valence-electron chi connectivity index (χ1n) is 7.78. The summed E-state index contributed by atoms with van der Waals surface area (Å²) in [6, 6.07) is 7.35. The predicted molar refractivity (Wildman–Crippen MR) is 82.1 cm³/mol. The molecule has 1 aromatic rings. The van der Waals surface area contributed by atoms with Gasteiger partial charge in [-0.3, -0.25) is 4.79 Å². The molecule has 1 aliphatic rings. The van der Waals surface area contributed by atoms with Gasteiger partial charge in [0.2, 0.25) is 5.91 Å². The summed E-state index contributed by atoms with van der Waals surface area (Å²) >= 11 is 0. The van der Waals surface area contributed by atoms with Crippen LogP contribution in [0.2, 0.25) is 0 Å². The van der Waals surface area contributed by atoms with Crippen LogP contribution in [0.3, 0.4) is 0 Å². The number of phenols is 1. The van der Waals surface area contributed by atoms with Crippen LogP contribution in [0, 0.1) is 0 Å². The second kappa shape index (κ2) is 7.46. The lowest BCUT2D eigenvalue weighted by Crippen LogP contribution is -2.30. The lowest BCUT2D eigenvalue weighted by atomic mass is 10.0. The summed E-state index contributed by atoms with van der Waals surface area (Å²) in [5, 5.41) is 9.37. The molecule has 1 fully saturated rings. The van der Waals surface area contributed by atoms with Crippen molar-refractivity contribution in [3.63, 3.8) is 0 Å². The molecular formula is C17H25NO3. The molecule has 0 saturated carbocycles. The third-order valence-electron chi connectivity index (χ3n) is 3.84. The number of aromatic hydroxyl groups is 1. The van der Waals surface area contributed by atoms with Gasteiger partial charge in [0, 0.05) is 19.6 Å². The van der Waals surface area contributed by atoms with Crippen molar-refractivity contribution in [1.29, 1.82) is 0 Å². The van der Waals surface area contributed by atoms with E-state index in [1.54, 1.807) is 12.1 Å². The number of nitrogens with zero attached hydrogens (tertiary/aromatic N) is 1. The molecule has 1 aliphatic heterocycles. The Balaban J connectivity index is 1.89. The molecular weight excluding hydrogens is 266 g/mol. The number of carbonyl (C=O) groups is 1. The first-order valence-corrected chi connectivity index (χ1v) is 7.78. The predicted octanol–water partition coefficient (Wildman–Crippen LogP) is 3.26. The normalized spacial score (nSPS) is 18.4. The minimum absolute atomic E-state index is 0.157. The maximum atomic E-state index is 12.4. The Bertz CT molecular complexity index is 456. The molecule has 1 unspecified atom stereocenters. The average Bonchev–Trinajstić information content (AvgIpc) is 2.93. The fourth-order valence-corrected chi connectivity index (χ4v) is 2.79. The van der Waals surface area contributed by atoms with Gasteiger partial charge in [-0.05, 0) is 50.8 Å². The van der Waals surface area contributed by atoms with Crippen LogP contribution in [0.25, 0.3) is 0 Å². The Morgan fingerprint density at radius 1 is 1.38 bits per heavy atom. The number of phenolic OH excluding ortho intramolecular Hbond substituents is 1. The number of carbonyl (C=O) groups excluding carboxylic acids is 1. The van der Waals surface area contributed by atoms with E-state index in [0.717, 1.165) is 31.4 Å². The van der Waals surface area contributed by atoms with Gasteiger partial charge in [0.25, 0.3) is 0 Å². The fraction of sp³-hybridized carbons (Fsp3) is 0.588. The number of benzene rings is 1. The van der Waals surface area contributed by atoms with Crippen molar-refractivity contribution < 1.29 is 14.6 Å². The van der Waals surface area contributed by atoms with Gasteiger partial charge in [-0.25, -0.2) is 0 Å². The molecule has 116 valence electrons. The number of rotatable bonds is 6. The number of hydrogen-bond acceptors (Lipinski definition) is 3. The van der Waals surface area contributed by atoms with Gasteiger partial charge in [0.15, 0.2) is 0 Å². The summed E-state index contributed by atoms with van der Waals surface area (Å²) in [5.41, 5.74) is 1.11. The largest absolute Gasteiger partial charge is 0.508 e. The van der Waals surface area contributed by atoms with E-state index in [2.05, 4.69) is 0 Å². The Labute approximate surface area is 126 Å². The number of likely N-dealkylation sites (tertiary alicyclic amines) is 1. The molecule has 2 rings (SSSR count). The van der Waals surface area contributed by atoms with Crippen molar-refractivity contribution in [2.45, 2.75) is 51.7 Å². The fourth-order valence-electron chi connectivity index (χ4n) is 2.79. The zero-order valence-corrected chi connectivity index (χ0v) is 12.9. The van der Waals surface area contributed by atoms with Crippen molar-refractivity contribution in [3.05, 3.63) is 29.8 Å². The second-order valence-electron chi connectivity index (χ2n) is 5.86. The van der Waals surface area contributed by atoms with Gasteiger partial charge in [-0.15, -0.1) is 0 Å². The molecule has 21 heavy (non-hydrogen) atoms. The molecule has 0 aromatic heterocycles. The van der Waals surface area contributed by atoms with E-state index in [-0.39, 0.29) is 23.8 Å². The van der Waals surface area contributed by atoms with Crippen molar-refractivity contribution in [2.75, 3.05) is 13.2 Å². The Morgan fingerprint density at radius 2 is 2.10 bits per heavy atom. The molecule has 1 amide bonds. The maximum absolute atomic E-state index is 12.4. The lowest BCUT2D eigenvalue weighted by Gasteiger charge is -2.25. The van der Waals surface area contributed by atoms with Gasteiger partial charge in [0.1, 0.15) is 5.75 Å². The highest BCUT2D eigenvalue weighted by Gasteiger charge is 2.29. The molecule has 4 heteroatoms. The smallest absolute Gasteiger partial charge is 0.223 e. The third kappa shape index (κ3) is 4.46. The van der Waals surface area contributed by atoms with Crippen molar-refractivity contribution in [2.24, 2.45) is 0 Å². The minimum Gasteiger partial charge on any atom is -0.508 e. The van der Waals surface area contributed by atoms with Crippen LogP contribution < -0.4 is 0 Å². The van der Waals surface area contributed by atoms with Crippen LogP contribution in [0.1, 0.15) is 51.1 Å². The molecule has 0 aliphatic carbocycles. The van der Waals surface area contributed by atoms with Gasteiger partial charge >= 0.3 is 0 Å². The van der Waals surface area contributed by atoms with E-state index in [0.29, 0.717) is 13.0 Å². The summed E-state index contributed by atoms with van der Waals surface area (Å²) in [7, 11) is 0. The van der Waals surface area contributed by atoms with E-state index in [9.17, 15) is 9.90 Å². The first kappa shape index (κ1) is 15.8. The zero-order valence-electron chi connectivity index (χ0n) is 12.9. The van der Waals surface area contributed by atoms with E-state index in [1.165, 1.54) is 0 Å². The highest BCUT2D eigenvalue weighted by molar-refractivity contribution is 5.77. The number of ether oxygens (including phenoxy) is 1. The summed E-state index contributed by atoms with van der Waals surface area (Å²) in [5.74, 6) is 0.471. The monoisotopic (exact) mass is 291 g/mol. The molecule has 1 saturated heterocycles. The summed E-state index contributed by atoms with van der Waals surface area (Å²) in [6.07, 6.45) is 3.58. The van der Waals surface area contributed by atoms with Crippen LogP contribution in [0.4, 0.5) is 0 Å². The Morgan fingerprint density at radius 3 is 2.76 bits per heavy atom. The van der Waals surface area contributed by atoms with Gasteiger partial charge in [-0.1, -0.05) is 12.1 Å². The molecule has 1 aromatic carbocycles. The lowest BCUT2D eigenvalue weighted by molar-refractivity contribution is -0.132. The van der Waals surface area contributed by atoms with Crippen LogP contribution in [-0.2, 0) is 9.53 Å². The highest BCUT2D eigenvalue weighted by atomic mass is 16.5. The minimum atomic E-state index is 0.157. The second-order valence-corrected chi connectivity index (χ2v) is 5.86. The van der Waals surface area contributed by atoms with Crippen LogP contribution in [0.15, 0.2) is 24.3 Å². The number of amides is 1. The molecule has 0 spiro atoms. The highest BCUT2D eigenvalue weighted by Crippen LogP contribution is 2.33. The molecule has 0 radical (unpaired) electrons. The topological polar surface area (TPSA) is 49.8 Å². The van der Waals surface area contributed by atoms with Crippen LogP contribution in [0.5, 0.6) is 5.75 Å². The van der Waals surface area contributed by atoms with Crippen LogP contribution >= 0.6 is 0 Å². The summed E-state index contributed by atoms with van der Waals surface area (Å²) in [6.45, 7) is 5.48. The molecule has 4 nitrogen and oxygen atoms in total. The Hall–Kier alpha value is -1.55. The molecule has 0 bridgehead atoms. The molecule has 1 N–H and O–H groups in total. The van der Waals surface area contributed by atoms with Crippen LogP contribution in [-0.4, -0.2) is 35.2 Å². The standard InChI is InChI=1S/C17H25NO3/c1-13(2)21-12-4-6-17(20)18-11-3-5-16(18)14-7-9-15(19)10-8-14/h7-10,13,16,19H,3-6,11-12H2,1-2H3. The van der Waals surface area contributed by atoms with Crippen molar-refractivity contribution in [3.8, 4) is 5.75 Å². The summed E-state index contributed by atoms with van der Waals surface area (Å²) in [4.78, 5) is 14.3. The van der Waals surface area contributed by atoms with Crippen molar-refractivity contribution in [1.82, 2.24) is 4.90 Å². The van der Waals surface area contributed by atoms with Gasteiger partial charge in [0.05, 0.1) is 12.1 Å². The van der Waals surface area contributed by atoms with E-state index in [4.69, 9.17) is 4.74 Å². The van der Waals surface area contributed by atoms with Gasteiger partial charge < -0.3 is 14.7 Å². The first-order chi connectivity index (χ1) is 10.1. The molecule has 1 heterocycles. The SMILES string of the molecule is CC(C)OCCCC(=O)N1CCCC1c1ccc(O)cc1. The zero-order chi connectivity index (χ0) is 15.2. The van der Waals surface area contributed by atoms with Gasteiger partial charge in [-0.2, -0.15) is 0 Å². The van der Waals surface area contributed by atoms with E-state index < -0.39 is 0 Å². The van der Waals surface area contributed by atoms with E-state index >= 15 is 0 Å². The Kier molecular flexibility index (Phi) is 5.62. The maximum Gasteiger partial charge on any atom is 0.223 e.